The first-order valence-electron chi connectivity index (χ1n) is 4.37. The van der Waals surface area contributed by atoms with E-state index in [0.717, 1.165) is 11.1 Å². The van der Waals surface area contributed by atoms with E-state index < -0.39 is 11.8 Å². The van der Waals surface area contributed by atoms with Gasteiger partial charge in [0.25, 0.3) is 0 Å². The standard InChI is InChI=1S/C10H14O4/c1-5-6(2)8(10(12)14-4)7(5)9(11)13-3/h7-8H,1-4H3/t7-,8-/m1/s1. The molecule has 1 aliphatic carbocycles. The van der Waals surface area contributed by atoms with Crippen LogP contribution in [0.4, 0.5) is 0 Å². The fourth-order valence-electron chi connectivity index (χ4n) is 1.77. The molecule has 1 aliphatic rings. The van der Waals surface area contributed by atoms with Gasteiger partial charge in [0.2, 0.25) is 0 Å². The number of carbonyl (C=O) groups is 2. The third-order valence-corrected chi connectivity index (χ3v) is 2.80. The van der Waals surface area contributed by atoms with Crippen molar-refractivity contribution < 1.29 is 19.1 Å². The molecule has 1 rings (SSSR count). The first-order valence-corrected chi connectivity index (χ1v) is 4.37. The third-order valence-electron chi connectivity index (χ3n) is 2.80. The van der Waals surface area contributed by atoms with Gasteiger partial charge in [-0.05, 0) is 13.8 Å². The minimum Gasteiger partial charge on any atom is -0.469 e. The summed E-state index contributed by atoms with van der Waals surface area (Å²) in [6, 6.07) is 0. The van der Waals surface area contributed by atoms with Crippen LogP contribution in [0.1, 0.15) is 13.8 Å². The minimum absolute atomic E-state index is 0.372. The van der Waals surface area contributed by atoms with Crippen LogP contribution in [0.15, 0.2) is 11.1 Å². The lowest BCUT2D eigenvalue weighted by molar-refractivity contribution is -0.156. The monoisotopic (exact) mass is 198 g/mol. The summed E-state index contributed by atoms with van der Waals surface area (Å²) in [4.78, 5) is 22.6. The van der Waals surface area contributed by atoms with E-state index >= 15 is 0 Å². The van der Waals surface area contributed by atoms with Crippen LogP contribution in [-0.4, -0.2) is 26.2 Å². The van der Waals surface area contributed by atoms with Crippen LogP contribution in [-0.2, 0) is 19.1 Å². The van der Waals surface area contributed by atoms with Crippen molar-refractivity contribution in [1.82, 2.24) is 0 Å². The number of hydrogen-bond donors (Lipinski definition) is 0. The number of methoxy groups -OCH3 is 2. The van der Waals surface area contributed by atoms with E-state index in [1.165, 1.54) is 14.2 Å². The topological polar surface area (TPSA) is 52.6 Å². The van der Waals surface area contributed by atoms with Gasteiger partial charge in [0.1, 0.15) is 0 Å². The Morgan fingerprint density at radius 1 is 0.929 bits per heavy atom. The maximum absolute atomic E-state index is 11.3. The predicted molar refractivity (Wildman–Crippen MR) is 49.4 cm³/mol. The Morgan fingerprint density at radius 3 is 1.43 bits per heavy atom. The molecule has 0 aromatic rings. The summed E-state index contributed by atoms with van der Waals surface area (Å²) in [7, 11) is 2.63. The fraction of sp³-hybridized carbons (Fsp3) is 0.600. The van der Waals surface area contributed by atoms with Gasteiger partial charge in [0.05, 0.1) is 26.1 Å². The van der Waals surface area contributed by atoms with Crippen molar-refractivity contribution in [3.63, 3.8) is 0 Å². The lowest BCUT2D eigenvalue weighted by Crippen LogP contribution is -2.41. The summed E-state index contributed by atoms with van der Waals surface area (Å²) >= 11 is 0. The molecule has 0 aliphatic heterocycles. The molecule has 78 valence electrons. The Balaban J connectivity index is 2.88. The average molecular weight is 198 g/mol. The molecule has 0 fully saturated rings. The zero-order valence-electron chi connectivity index (χ0n) is 8.79. The predicted octanol–water partition coefficient (Wildman–Crippen LogP) is 0.915. The normalized spacial score (nSPS) is 25.4. The molecule has 2 atom stereocenters. The van der Waals surface area contributed by atoms with Crippen molar-refractivity contribution in [2.75, 3.05) is 14.2 Å². The van der Waals surface area contributed by atoms with Crippen molar-refractivity contribution in [3.8, 4) is 0 Å². The molecule has 0 heterocycles. The van der Waals surface area contributed by atoms with Gasteiger partial charge >= 0.3 is 11.9 Å². The van der Waals surface area contributed by atoms with Crippen molar-refractivity contribution in [1.29, 1.82) is 0 Å². The van der Waals surface area contributed by atoms with Gasteiger partial charge in [0, 0.05) is 0 Å². The minimum atomic E-state index is -0.451. The van der Waals surface area contributed by atoms with Gasteiger partial charge in [-0.1, -0.05) is 11.1 Å². The van der Waals surface area contributed by atoms with Gasteiger partial charge < -0.3 is 9.47 Å². The summed E-state index contributed by atoms with van der Waals surface area (Å²) in [6.45, 7) is 3.66. The van der Waals surface area contributed by atoms with Crippen LogP contribution in [0.2, 0.25) is 0 Å². The van der Waals surface area contributed by atoms with E-state index in [2.05, 4.69) is 9.47 Å². The molecule has 0 bridgehead atoms. The largest absolute Gasteiger partial charge is 0.469 e. The zero-order chi connectivity index (χ0) is 10.9. The summed E-state index contributed by atoms with van der Waals surface area (Å²) in [5.41, 5.74) is 1.82. The van der Waals surface area contributed by atoms with Crippen molar-refractivity contribution in [2.24, 2.45) is 11.8 Å². The summed E-state index contributed by atoms with van der Waals surface area (Å²) < 4.78 is 9.23. The maximum atomic E-state index is 11.3. The number of carbonyl (C=O) groups excluding carboxylic acids is 2. The van der Waals surface area contributed by atoms with Gasteiger partial charge in [-0.15, -0.1) is 0 Å². The van der Waals surface area contributed by atoms with E-state index in [0.29, 0.717) is 0 Å². The molecule has 0 saturated heterocycles. The molecule has 4 heteroatoms. The first kappa shape index (κ1) is 10.8. The quantitative estimate of drug-likeness (QED) is 0.489. The molecule has 0 amide bonds. The Morgan fingerprint density at radius 2 is 1.21 bits per heavy atom. The SMILES string of the molecule is COC(=O)[C@@H]1C(C)=C(C)[C@H]1C(=O)OC. The van der Waals surface area contributed by atoms with Crippen molar-refractivity contribution in [2.45, 2.75) is 13.8 Å². The second-order valence-electron chi connectivity index (χ2n) is 3.37. The molecule has 0 spiro atoms. The van der Waals surface area contributed by atoms with E-state index in [1.54, 1.807) is 0 Å². The number of ether oxygens (including phenoxy) is 2. The highest BCUT2D eigenvalue weighted by atomic mass is 16.5. The van der Waals surface area contributed by atoms with E-state index in [4.69, 9.17) is 0 Å². The fourth-order valence-corrected chi connectivity index (χ4v) is 1.77. The first-order chi connectivity index (χ1) is 6.54. The second-order valence-corrected chi connectivity index (χ2v) is 3.37. The number of rotatable bonds is 2. The highest BCUT2D eigenvalue weighted by Gasteiger charge is 2.46. The molecule has 0 aromatic heterocycles. The van der Waals surface area contributed by atoms with Gasteiger partial charge in [-0.2, -0.15) is 0 Å². The average Bonchev–Trinajstić information content (AvgIpc) is 2.22. The maximum Gasteiger partial charge on any atom is 0.314 e. The molecule has 0 aromatic carbocycles. The molecule has 0 unspecified atom stereocenters. The summed E-state index contributed by atoms with van der Waals surface area (Å²) in [5.74, 6) is -1.65. The Hall–Kier alpha value is -1.32. The molecule has 0 saturated carbocycles. The second kappa shape index (κ2) is 3.82. The zero-order valence-corrected chi connectivity index (χ0v) is 8.79. The molecular weight excluding hydrogens is 184 g/mol. The number of hydrogen-bond acceptors (Lipinski definition) is 4. The molecule has 14 heavy (non-hydrogen) atoms. The van der Waals surface area contributed by atoms with E-state index in [-0.39, 0.29) is 11.9 Å². The van der Waals surface area contributed by atoms with Crippen LogP contribution >= 0.6 is 0 Å². The Labute approximate surface area is 82.9 Å². The highest BCUT2D eigenvalue weighted by Crippen LogP contribution is 2.41. The molecule has 0 N–H and O–H groups in total. The summed E-state index contributed by atoms with van der Waals surface area (Å²) in [6.07, 6.45) is 0. The van der Waals surface area contributed by atoms with Gasteiger partial charge in [-0.25, -0.2) is 0 Å². The van der Waals surface area contributed by atoms with Crippen molar-refractivity contribution in [3.05, 3.63) is 11.1 Å². The van der Waals surface area contributed by atoms with E-state index in [1.807, 2.05) is 13.8 Å². The highest BCUT2D eigenvalue weighted by molar-refractivity contribution is 5.90. The molecule has 4 nitrogen and oxygen atoms in total. The molecule has 0 radical (unpaired) electrons. The van der Waals surface area contributed by atoms with Crippen molar-refractivity contribution >= 4 is 11.9 Å². The number of esters is 2. The molecular formula is C10H14O4. The Kier molecular flexibility index (Phi) is 2.93. The summed E-state index contributed by atoms with van der Waals surface area (Å²) in [5, 5.41) is 0. The van der Waals surface area contributed by atoms with Crippen LogP contribution in [0.25, 0.3) is 0 Å². The van der Waals surface area contributed by atoms with Gasteiger partial charge in [0.15, 0.2) is 0 Å². The van der Waals surface area contributed by atoms with Crippen LogP contribution in [0, 0.1) is 11.8 Å². The van der Waals surface area contributed by atoms with Crippen LogP contribution in [0.5, 0.6) is 0 Å². The van der Waals surface area contributed by atoms with E-state index in [9.17, 15) is 9.59 Å². The smallest absolute Gasteiger partial charge is 0.314 e. The van der Waals surface area contributed by atoms with Crippen LogP contribution in [0.3, 0.4) is 0 Å². The Bertz CT molecular complexity index is 273. The lowest BCUT2D eigenvalue weighted by atomic mass is 9.69. The third kappa shape index (κ3) is 1.41. The van der Waals surface area contributed by atoms with Crippen LogP contribution < -0.4 is 0 Å². The van der Waals surface area contributed by atoms with Gasteiger partial charge in [-0.3, -0.25) is 9.59 Å². The lowest BCUT2D eigenvalue weighted by Gasteiger charge is -2.35.